The van der Waals surface area contributed by atoms with Gasteiger partial charge in [-0.25, -0.2) is 4.98 Å². The van der Waals surface area contributed by atoms with Crippen molar-refractivity contribution in [3.8, 4) is 11.4 Å². The molecule has 0 atom stereocenters. The van der Waals surface area contributed by atoms with Crippen LogP contribution in [0.4, 0.5) is 17.2 Å². The minimum absolute atomic E-state index is 0.115. The van der Waals surface area contributed by atoms with Crippen molar-refractivity contribution in [2.45, 2.75) is 19.3 Å². The van der Waals surface area contributed by atoms with E-state index in [1.54, 1.807) is 6.07 Å². The van der Waals surface area contributed by atoms with Crippen molar-refractivity contribution in [1.82, 2.24) is 20.2 Å². The van der Waals surface area contributed by atoms with Gasteiger partial charge < -0.3 is 37.5 Å². The van der Waals surface area contributed by atoms with Crippen LogP contribution in [0, 0.1) is 0 Å². The Morgan fingerprint density at radius 3 is 2.64 bits per heavy atom. The lowest BCUT2D eigenvalue weighted by molar-refractivity contribution is 0.0957. The van der Waals surface area contributed by atoms with Crippen LogP contribution in [0.25, 0.3) is 16.0 Å². The highest BCUT2D eigenvalue weighted by Crippen LogP contribution is 2.38. The zero-order chi connectivity index (χ0) is 29.5. The van der Waals surface area contributed by atoms with Gasteiger partial charge in [-0.1, -0.05) is 18.2 Å². The molecule has 2 aromatic heterocycles. The van der Waals surface area contributed by atoms with E-state index in [0.29, 0.717) is 47.2 Å². The van der Waals surface area contributed by atoms with Crippen molar-refractivity contribution in [2.75, 3.05) is 50.0 Å². The summed E-state index contributed by atoms with van der Waals surface area (Å²) >= 11 is 1.20. The molecular formula is C29H35N9O3S. The van der Waals surface area contributed by atoms with E-state index in [0.717, 1.165) is 49.5 Å². The van der Waals surface area contributed by atoms with Gasteiger partial charge in [0.05, 0.1) is 28.3 Å². The van der Waals surface area contributed by atoms with Crippen LogP contribution in [0.2, 0.25) is 0 Å². The maximum absolute atomic E-state index is 13.3. The lowest BCUT2D eigenvalue weighted by Crippen LogP contribution is -2.29. The molecule has 0 saturated carbocycles. The van der Waals surface area contributed by atoms with Gasteiger partial charge in [-0.15, -0.1) is 11.3 Å². The molecule has 12 nitrogen and oxygen atoms in total. The Kier molecular flexibility index (Phi) is 9.19. The number of amides is 1. The predicted octanol–water partition coefficient (Wildman–Crippen LogP) is 2.32. The Hall–Kier alpha value is -4.62. The number of nitrogens with zero attached hydrogens (tertiary/aromatic N) is 4. The highest BCUT2D eigenvalue weighted by molar-refractivity contribution is 7.20. The Bertz CT molecular complexity index is 1630. The second kappa shape index (κ2) is 13.4. The minimum atomic E-state index is -0.445. The number of aliphatic imine (C=N–C) groups is 1. The molecule has 1 aliphatic heterocycles. The summed E-state index contributed by atoms with van der Waals surface area (Å²) in [6.07, 6.45) is 2.64. The van der Waals surface area contributed by atoms with Crippen LogP contribution in [-0.2, 0) is 0 Å². The summed E-state index contributed by atoms with van der Waals surface area (Å²) in [6.45, 7) is 3.98. The number of aromatic nitrogens is 2. The number of benzene rings is 2. The van der Waals surface area contributed by atoms with Crippen LogP contribution in [0.15, 0.2) is 64.4 Å². The first kappa shape index (κ1) is 28.9. The maximum Gasteiger partial charge on any atom is 0.298 e. The van der Waals surface area contributed by atoms with Crippen molar-refractivity contribution in [3.05, 3.63) is 69.8 Å². The van der Waals surface area contributed by atoms with Gasteiger partial charge in [0.1, 0.15) is 17.2 Å². The number of hydrogen-bond donors (Lipinski definition) is 5. The molecule has 2 aromatic carbocycles. The second-order valence-electron chi connectivity index (χ2n) is 9.80. The molecule has 4 aromatic rings. The summed E-state index contributed by atoms with van der Waals surface area (Å²) in [5.74, 6) is 0.492. The van der Waals surface area contributed by atoms with Gasteiger partial charge in [-0.3, -0.25) is 19.1 Å². The monoisotopic (exact) mass is 589 g/mol. The molecule has 5 rings (SSSR count). The van der Waals surface area contributed by atoms with Crippen molar-refractivity contribution in [3.63, 3.8) is 0 Å². The molecule has 0 bridgehead atoms. The Balaban J connectivity index is 1.29. The smallest absolute Gasteiger partial charge is 0.298 e. The fraction of sp³-hybridized carbons (Fsp3) is 0.310. The lowest BCUT2D eigenvalue weighted by Gasteiger charge is -2.31. The molecule has 0 fully saturated rings. The number of anilines is 3. The fourth-order valence-corrected chi connectivity index (χ4v) is 5.72. The van der Waals surface area contributed by atoms with E-state index in [2.05, 4.69) is 25.5 Å². The molecule has 0 saturated heterocycles. The van der Waals surface area contributed by atoms with Crippen molar-refractivity contribution in [2.24, 2.45) is 16.5 Å². The minimum Gasteiger partial charge on any atom is -0.490 e. The van der Waals surface area contributed by atoms with E-state index in [1.165, 1.54) is 15.9 Å². The maximum atomic E-state index is 13.3. The second-order valence-corrected chi connectivity index (χ2v) is 10.8. The number of carbonyl (C=O) groups excluding carboxylic acids is 1. The van der Waals surface area contributed by atoms with E-state index in [-0.39, 0.29) is 17.7 Å². The van der Waals surface area contributed by atoms with Crippen LogP contribution in [0.3, 0.4) is 0 Å². The van der Waals surface area contributed by atoms with Gasteiger partial charge in [0.25, 0.3) is 11.5 Å². The third-order valence-corrected chi connectivity index (χ3v) is 7.82. The van der Waals surface area contributed by atoms with Crippen LogP contribution < -0.4 is 43.0 Å². The number of hydrogen-bond acceptors (Lipinski definition) is 9. The van der Waals surface area contributed by atoms with Gasteiger partial charge in [0, 0.05) is 18.8 Å². The summed E-state index contributed by atoms with van der Waals surface area (Å²) in [5.41, 5.74) is 19.2. The molecule has 1 aliphatic rings. The highest BCUT2D eigenvalue weighted by atomic mass is 32.1. The number of guanidine groups is 1. The molecule has 0 aliphatic carbocycles. The molecule has 220 valence electrons. The zero-order valence-corrected chi connectivity index (χ0v) is 24.0. The number of unbranched alkanes of at least 4 members (excludes halogenated alkanes) is 1. The van der Waals surface area contributed by atoms with Crippen LogP contribution in [0.1, 0.15) is 28.9 Å². The molecule has 0 radical (unpaired) electrons. The molecule has 3 heterocycles. The molecule has 42 heavy (non-hydrogen) atoms. The molecule has 1 amide bonds. The van der Waals surface area contributed by atoms with Crippen LogP contribution in [0.5, 0.6) is 5.75 Å². The fourth-order valence-electron chi connectivity index (χ4n) is 4.78. The molecule has 0 unspecified atom stereocenters. The van der Waals surface area contributed by atoms with Crippen LogP contribution >= 0.6 is 11.3 Å². The summed E-state index contributed by atoms with van der Waals surface area (Å²) in [4.78, 5) is 37.6. The number of thiophene rings is 1. The molecule has 0 spiro atoms. The molecule has 13 heteroatoms. The first-order valence-electron chi connectivity index (χ1n) is 13.9. The van der Waals surface area contributed by atoms with Gasteiger partial charge in [0.15, 0.2) is 11.8 Å². The summed E-state index contributed by atoms with van der Waals surface area (Å²) < 4.78 is 7.41. The van der Waals surface area contributed by atoms with Crippen molar-refractivity contribution in [1.29, 1.82) is 0 Å². The Morgan fingerprint density at radius 2 is 1.83 bits per heavy atom. The number of para-hydroxylation sites is 1. The Labute approximate surface area is 247 Å². The molecular weight excluding hydrogens is 554 g/mol. The topological polar surface area (TPSA) is 179 Å². The van der Waals surface area contributed by atoms with Gasteiger partial charge in [-0.2, -0.15) is 0 Å². The number of nitrogens with two attached hydrogens (primary N) is 3. The van der Waals surface area contributed by atoms with E-state index < -0.39 is 5.56 Å². The van der Waals surface area contributed by atoms with Gasteiger partial charge in [-0.05, 0) is 68.8 Å². The summed E-state index contributed by atoms with van der Waals surface area (Å²) in [6, 6.07) is 17.3. The van der Waals surface area contributed by atoms with Crippen molar-refractivity contribution >= 4 is 50.7 Å². The summed E-state index contributed by atoms with van der Waals surface area (Å²) in [5, 5.41) is 6.30. The number of fused-ring (bicyclic) bond motifs is 2. The average Bonchev–Trinajstić information content (AvgIpc) is 3.41. The zero-order valence-electron chi connectivity index (χ0n) is 23.2. The van der Waals surface area contributed by atoms with Crippen LogP contribution in [-0.4, -0.2) is 60.7 Å². The first-order valence-corrected chi connectivity index (χ1v) is 14.7. The number of nitrogens with one attached hydrogen (secondary N) is 2. The first-order chi connectivity index (χ1) is 20.4. The predicted molar refractivity (Wildman–Crippen MR) is 168 cm³/mol. The number of ether oxygens (including phenoxy) is 1. The van der Waals surface area contributed by atoms with Gasteiger partial charge in [0.2, 0.25) is 0 Å². The lowest BCUT2D eigenvalue weighted by atomic mass is 10.1. The number of rotatable bonds is 12. The highest BCUT2D eigenvalue weighted by Gasteiger charge is 2.22. The number of nitrogen functional groups attached to an aromatic ring is 1. The van der Waals surface area contributed by atoms with E-state index in [4.69, 9.17) is 21.9 Å². The van der Waals surface area contributed by atoms with E-state index in [1.807, 2.05) is 48.5 Å². The quantitative estimate of drug-likeness (QED) is 0.0942. The molecule has 8 N–H and O–H groups in total. The Morgan fingerprint density at radius 1 is 1.02 bits per heavy atom. The van der Waals surface area contributed by atoms with E-state index in [9.17, 15) is 9.59 Å². The van der Waals surface area contributed by atoms with Crippen molar-refractivity contribution < 1.29 is 9.53 Å². The largest absolute Gasteiger partial charge is 0.490 e. The third kappa shape index (κ3) is 6.64. The third-order valence-electron chi connectivity index (χ3n) is 6.81. The normalized spacial score (nSPS) is 12.5. The van der Waals surface area contributed by atoms with E-state index >= 15 is 0 Å². The number of carbonyl (C=O) groups is 1. The SMILES string of the molecule is NC(N)=NCCCCNCCCNC(=O)c1cc2c(nc(N)c(=O)n2-c2ccc3c(c2)N(c2ccccc2)CCO3)s1. The average molecular weight is 590 g/mol. The van der Waals surface area contributed by atoms with Gasteiger partial charge >= 0.3 is 0 Å². The standard InChI is InChI=1S/C29H35N9O3S/c30-25-28(40)38(20-9-10-23-21(17-20)37(15-16-41-23)19-7-2-1-3-8-19)22-18-24(42-27(22)36-25)26(39)34-14-6-12-33-11-4-5-13-35-29(31)32/h1-3,7-10,17-18,33H,4-6,11-16H2,(H2,30,36)(H,34,39)(H4,31,32,35). The summed E-state index contributed by atoms with van der Waals surface area (Å²) in [7, 11) is 0.